The third-order valence-corrected chi connectivity index (χ3v) is 4.78. The molecule has 0 atom stereocenters. The van der Waals surface area contributed by atoms with Gasteiger partial charge in [0.05, 0.1) is 6.54 Å². The summed E-state index contributed by atoms with van der Waals surface area (Å²) in [4.78, 5) is 47.6. The van der Waals surface area contributed by atoms with Crippen LogP contribution in [-0.2, 0) is 19.1 Å². The van der Waals surface area contributed by atoms with E-state index in [1.54, 1.807) is 24.3 Å². The molecule has 8 nitrogen and oxygen atoms in total. The van der Waals surface area contributed by atoms with Crippen molar-refractivity contribution < 1.29 is 23.9 Å². The molecule has 31 heavy (non-hydrogen) atoms. The SMILES string of the molecule is Cc1cc(C)c(NC(=O)CNC(=O)COC(=O)CNC(=O)c2ccc(Br)cc2)c(C)c1. The second-order valence-corrected chi connectivity index (χ2v) is 7.86. The van der Waals surface area contributed by atoms with Crippen molar-refractivity contribution in [1.82, 2.24) is 10.6 Å². The number of esters is 1. The van der Waals surface area contributed by atoms with Crippen molar-refractivity contribution in [3.05, 3.63) is 63.1 Å². The van der Waals surface area contributed by atoms with Crippen LogP contribution in [0.15, 0.2) is 40.9 Å². The molecule has 0 unspecified atom stereocenters. The fourth-order valence-electron chi connectivity index (χ4n) is 2.84. The molecule has 0 aliphatic rings. The second kappa shape index (κ2) is 11.3. The molecule has 0 aromatic heterocycles. The van der Waals surface area contributed by atoms with Gasteiger partial charge in [0.2, 0.25) is 5.91 Å². The average Bonchev–Trinajstić information content (AvgIpc) is 2.72. The molecule has 2 aromatic rings. The number of aryl methyl sites for hydroxylation is 3. The van der Waals surface area contributed by atoms with E-state index in [2.05, 4.69) is 31.9 Å². The maximum Gasteiger partial charge on any atom is 0.325 e. The van der Waals surface area contributed by atoms with E-state index in [0.29, 0.717) is 11.3 Å². The summed E-state index contributed by atoms with van der Waals surface area (Å²) in [6, 6.07) is 10.5. The molecule has 0 saturated heterocycles. The van der Waals surface area contributed by atoms with Gasteiger partial charge in [0.25, 0.3) is 11.8 Å². The van der Waals surface area contributed by atoms with Gasteiger partial charge in [-0.05, 0) is 56.2 Å². The van der Waals surface area contributed by atoms with Gasteiger partial charge in [-0.3, -0.25) is 19.2 Å². The fraction of sp³-hybridized carbons (Fsp3) is 0.273. The van der Waals surface area contributed by atoms with Crippen LogP contribution in [0.5, 0.6) is 0 Å². The number of anilines is 1. The number of rotatable bonds is 8. The number of hydrogen-bond acceptors (Lipinski definition) is 5. The first-order valence-corrected chi connectivity index (χ1v) is 10.3. The Morgan fingerprint density at radius 2 is 1.48 bits per heavy atom. The van der Waals surface area contributed by atoms with Crippen molar-refractivity contribution in [3.8, 4) is 0 Å². The summed E-state index contributed by atoms with van der Waals surface area (Å²) in [5, 5.41) is 7.56. The van der Waals surface area contributed by atoms with Crippen molar-refractivity contribution in [1.29, 1.82) is 0 Å². The van der Waals surface area contributed by atoms with Crippen LogP contribution in [0.4, 0.5) is 5.69 Å². The van der Waals surface area contributed by atoms with Gasteiger partial charge in [0.1, 0.15) is 6.54 Å². The van der Waals surface area contributed by atoms with Crippen LogP contribution < -0.4 is 16.0 Å². The molecule has 0 bridgehead atoms. The normalized spacial score (nSPS) is 10.2. The molecule has 3 amide bonds. The lowest BCUT2D eigenvalue weighted by molar-refractivity contribution is -0.147. The number of nitrogens with one attached hydrogen (secondary N) is 3. The average molecular weight is 490 g/mol. The fourth-order valence-corrected chi connectivity index (χ4v) is 3.11. The van der Waals surface area contributed by atoms with E-state index in [1.807, 2.05) is 32.9 Å². The number of carbonyl (C=O) groups excluding carboxylic acids is 4. The first-order valence-electron chi connectivity index (χ1n) is 9.49. The van der Waals surface area contributed by atoms with Crippen LogP contribution in [0.1, 0.15) is 27.0 Å². The minimum Gasteiger partial charge on any atom is -0.454 e. The Labute approximate surface area is 188 Å². The zero-order valence-corrected chi connectivity index (χ0v) is 19.1. The summed E-state index contributed by atoms with van der Waals surface area (Å²) in [6.07, 6.45) is 0. The second-order valence-electron chi connectivity index (χ2n) is 6.95. The number of benzene rings is 2. The molecule has 3 N–H and O–H groups in total. The van der Waals surface area contributed by atoms with E-state index in [1.165, 1.54) is 0 Å². The predicted octanol–water partition coefficient (Wildman–Crippen LogP) is 2.40. The Morgan fingerprint density at radius 1 is 0.871 bits per heavy atom. The van der Waals surface area contributed by atoms with Crippen LogP contribution >= 0.6 is 15.9 Å². The smallest absolute Gasteiger partial charge is 0.325 e. The molecule has 2 rings (SSSR count). The highest BCUT2D eigenvalue weighted by Crippen LogP contribution is 2.21. The van der Waals surface area contributed by atoms with Gasteiger partial charge in [-0.1, -0.05) is 33.6 Å². The van der Waals surface area contributed by atoms with Gasteiger partial charge in [0, 0.05) is 15.7 Å². The van der Waals surface area contributed by atoms with E-state index < -0.39 is 30.3 Å². The van der Waals surface area contributed by atoms with E-state index in [0.717, 1.165) is 21.2 Å². The minimum absolute atomic E-state index is 0.260. The summed E-state index contributed by atoms with van der Waals surface area (Å²) in [5.74, 6) is -2.22. The van der Waals surface area contributed by atoms with E-state index in [4.69, 9.17) is 4.74 Å². The summed E-state index contributed by atoms with van der Waals surface area (Å²) >= 11 is 3.27. The maximum absolute atomic E-state index is 12.1. The van der Waals surface area contributed by atoms with Crippen LogP contribution in [-0.4, -0.2) is 43.4 Å². The van der Waals surface area contributed by atoms with Gasteiger partial charge in [-0.25, -0.2) is 0 Å². The molecule has 0 aliphatic heterocycles. The van der Waals surface area contributed by atoms with Gasteiger partial charge < -0.3 is 20.7 Å². The summed E-state index contributed by atoms with van der Waals surface area (Å²) in [7, 11) is 0. The molecule has 0 aliphatic carbocycles. The number of ether oxygens (including phenoxy) is 1. The monoisotopic (exact) mass is 489 g/mol. The zero-order chi connectivity index (χ0) is 23.0. The Balaban J connectivity index is 1.69. The third kappa shape index (κ3) is 7.86. The first kappa shape index (κ1) is 24.1. The van der Waals surface area contributed by atoms with Crippen LogP contribution in [0.2, 0.25) is 0 Å². The van der Waals surface area contributed by atoms with Crippen molar-refractivity contribution >= 4 is 45.3 Å². The molecular weight excluding hydrogens is 466 g/mol. The quantitative estimate of drug-likeness (QED) is 0.492. The largest absolute Gasteiger partial charge is 0.454 e. The lowest BCUT2D eigenvalue weighted by Gasteiger charge is -2.13. The van der Waals surface area contributed by atoms with Gasteiger partial charge in [-0.2, -0.15) is 0 Å². The van der Waals surface area contributed by atoms with Crippen LogP contribution in [0, 0.1) is 20.8 Å². The third-order valence-electron chi connectivity index (χ3n) is 4.25. The Hall–Kier alpha value is -3.20. The molecule has 0 heterocycles. The minimum atomic E-state index is -0.768. The highest BCUT2D eigenvalue weighted by Gasteiger charge is 2.13. The number of halogens is 1. The number of carbonyl (C=O) groups is 4. The lowest BCUT2D eigenvalue weighted by atomic mass is 10.1. The number of hydrogen-bond donors (Lipinski definition) is 3. The summed E-state index contributed by atoms with van der Waals surface area (Å²) in [6.45, 7) is 4.56. The molecular formula is C22H24BrN3O5. The molecule has 0 saturated carbocycles. The highest BCUT2D eigenvalue weighted by molar-refractivity contribution is 9.10. The molecule has 0 spiro atoms. The van der Waals surface area contributed by atoms with E-state index >= 15 is 0 Å². The van der Waals surface area contributed by atoms with Crippen molar-refractivity contribution in [2.24, 2.45) is 0 Å². The highest BCUT2D eigenvalue weighted by atomic mass is 79.9. The Morgan fingerprint density at radius 3 is 2.10 bits per heavy atom. The zero-order valence-electron chi connectivity index (χ0n) is 17.5. The number of amides is 3. The van der Waals surface area contributed by atoms with Crippen LogP contribution in [0.3, 0.4) is 0 Å². The first-order chi connectivity index (χ1) is 14.7. The summed E-state index contributed by atoms with van der Waals surface area (Å²) in [5.41, 5.74) is 4.04. The van der Waals surface area contributed by atoms with Crippen molar-refractivity contribution in [2.45, 2.75) is 20.8 Å². The lowest BCUT2D eigenvalue weighted by Crippen LogP contribution is -2.37. The van der Waals surface area contributed by atoms with Gasteiger partial charge in [0.15, 0.2) is 6.61 Å². The van der Waals surface area contributed by atoms with Crippen LogP contribution in [0.25, 0.3) is 0 Å². The Bertz CT molecular complexity index is 966. The predicted molar refractivity (Wildman–Crippen MR) is 120 cm³/mol. The molecule has 2 aromatic carbocycles. The molecule has 9 heteroatoms. The molecule has 0 radical (unpaired) electrons. The van der Waals surface area contributed by atoms with Crippen molar-refractivity contribution in [3.63, 3.8) is 0 Å². The van der Waals surface area contributed by atoms with E-state index in [-0.39, 0.29) is 13.1 Å². The van der Waals surface area contributed by atoms with Gasteiger partial charge >= 0.3 is 5.97 Å². The molecule has 0 fully saturated rings. The topological polar surface area (TPSA) is 114 Å². The standard InChI is InChI=1S/C22H24BrN3O5/c1-13-8-14(2)21(15(3)9-13)26-18(27)10-24-19(28)12-31-20(29)11-25-22(30)16-4-6-17(23)7-5-16/h4-9H,10-12H2,1-3H3,(H,24,28)(H,25,30)(H,26,27). The maximum atomic E-state index is 12.1. The summed E-state index contributed by atoms with van der Waals surface area (Å²) < 4.78 is 5.63. The van der Waals surface area contributed by atoms with E-state index in [9.17, 15) is 19.2 Å². The van der Waals surface area contributed by atoms with Crippen molar-refractivity contribution in [2.75, 3.05) is 25.0 Å². The Kier molecular flexibility index (Phi) is 8.75. The molecule has 164 valence electrons. The van der Waals surface area contributed by atoms with Gasteiger partial charge in [-0.15, -0.1) is 0 Å².